The summed E-state index contributed by atoms with van der Waals surface area (Å²) in [4.78, 5) is 13.5. The van der Waals surface area contributed by atoms with Gasteiger partial charge in [0.05, 0.1) is 18.5 Å². The fourth-order valence-electron chi connectivity index (χ4n) is 2.42. The number of methoxy groups -OCH3 is 1. The second-order valence-electron chi connectivity index (χ2n) is 5.40. The third-order valence-corrected chi connectivity index (χ3v) is 4.80. The molecule has 26 heavy (non-hydrogen) atoms. The van der Waals surface area contributed by atoms with Gasteiger partial charge in [0.15, 0.2) is 11.5 Å². The molecule has 0 radical (unpaired) electrons. The number of amides is 1. The number of carbonyl (C=O) groups is 1. The summed E-state index contributed by atoms with van der Waals surface area (Å²) in [5.41, 5.74) is 0.496. The molecule has 3 rings (SSSR count). The molecule has 0 saturated heterocycles. The quantitative estimate of drug-likeness (QED) is 0.627. The van der Waals surface area contributed by atoms with E-state index in [1.807, 2.05) is 18.2 Å². The average molecular weight is 371 g/mol. The van der Waals surface area contributed by atoms with Crippen molar-refractivity contribution >= 4 is 17.2 Å². The molecule has 6 heteroatoms. The number of para-hydroxylation sites is 2. The zero-order valence-electron chi connectivity index (χ0n) is 14.2. The third kappa shape index (κ3) is 4.21. The summed E-state index contributed by atoms with van der Waals surface area (Å²) in [5, 5.41) is 2.80. The van der Waals surface area contributed by atoms with Gasteiger partial charge in [-0.2, -0.15) is 0 Å². The highest BCUT2D eigenvalue weighted by Gasteiger charge is 2.12. The molecule has 1 aromatic heterocycles. The monoisotopic (exact) mass is 371 g/mol. The maximum absolute atomic E-state index is 13.8. The molecule has 0 aliphatic carbocycles. The lowest BCUT2D eigenvalue weighted by atomic mass is 10.2. The first-order valence-electron chi connectivity index (χ1n) is 8.08. The predicted octanol–water partition coefficient (Wildman–Crippen LogP) is 4.37. The van der Waals surface area contributed by atoms with Crippen molar-refractivity contribution in [3.63, 3.8) is 0 Å². The van der Waals surface area contributed by atoms with Crippen LogP contribution in [-0.4, -0.2) is 26.2 Å². The van der Waals surface area contributed by atoms with Gasteiger partial charge in [-0.1, -0.05) is 30.3 Å². The fourth-order valence-corrected chi connectivity index (χ4v) is 3.37. The molecule has 1 heterocycles. The highest BCUT2D eigenvalue weighted by atomic mass is 32.1. The van der Waals surface area contributed by atoms with Crippen molar-refractivity contribution in [3.05, 3.63) is 71.4 Å². The van der Waals surface area contributed by atoms with Gasteiger partial charge in [0.25, 0.3) is 5.91 Å². The van der Waals surface area contributed by atoms with Crippen LogP contribution in [0.1, 0.15) is 9.67 Å². The summed E-state index contributed by atoms with van der Waals surface area (Å²) in [7, 11) is 1.58. The lowest BCUT2D eigenvalue weighted by molar-refractivity contribution is 0.0951. The van der Waals surface area contributed by atoms with Crippen LogP contribution in [0.2, 0.25) is 0 Å². The highest BCUT2D eigenvalue weighted by Crippen LogP contribution is 2.30. The van der Waals surface area contributed by atoms with E-state index >= 15 is 0 Å². The van der Waals surface area contributed by atoms with E-state index in [4.69, 9.17) is 9.47 Å². The van der Waals surface area contributed by atoms with Gasteiger partial charge in [0.2, 0.25) is 0 Å². The molecule has 0 fully saturated rings. The Morgan fingerprint density at radius 2 is 1.77 bits per heavy atom. The van der Waals surface area contributed by atoms with Crippen LogP contribution in [0, 0.1) is 5.82 Å². The van der Waals surface area contributed by atoms with Gasteiger partial charge < -0.3 is 14.8 Å². The maximum Gasteiger partial charge on any atom is 0.261 e. The van der Waals surface area contributed by atoms with Crippen molar-refractivity contribution in [2.45, 2.75) is 0 Å². The molecule has 0 unspecified atom stereocenters. The summed E-state index contributed by atoms with van der Waals surface area (Å²) in [6.45, 7) is 0.668. The van der Waals surface area contributed by atoms with E-state index in [-0.39, 0.29) is 11.7 Å². The van der Waals surface area contributed by atoms with Crippen molar-refractivity contribution in [1.29, 1.82) is 0 Å². The minimum absolute atomic E-state index is 0.207. The van der Waals surface area contributed by atoms with Crippen molar-refractivity contribution in [2.24, 2.45) is 0 Å². The Hall–Kier alpha value is -2.86. The number of ether oxygens (including phenoxy) is 2. The predicted molar refractivity (Wildman–Crippen MR) is 101 cm³/mol. The number of benzene rings is 2. The second-order valence-corrected chi connectivity index (χ2v) is 6.48. The molecule has 134 valence electrons. The van der Waals surface area contributed by atoms with Crippen molar-refractivity contribution in [3.8, 4) is 21.9 Å². The smallest absolute Gasteiger partial charge is 0.261 e. The Kier molecular flexibility index (Phi) is 5.86. The van der Waals surface area contributed by atoms with E-state index in [0.717, 1.165) is 4.88 Å². The normalized spacial score (nSPS) is 10.4. The standard InChI is InChI=1S/C20H18FNO3S/c1-24-16-8-4-5-9-17(16)25-13-12-22-20(23)19-11-10-18(26-19)14-6-2-3-7-15(14)21/h2-11H,12-13H2,1H3,(H,22,23). The molecule has 4 nitrogen and oxygen atoms in total. The Morgan fingerprint density at radius 3 is 2.54 bits per heavy atom. The van der Waals surface area contributed by atoms with Crippen LogP contribution in [0.5, 0.6) is 11.5 Å². The summed E-state index contributed by atoms with van der Waals surface area (Å²) in [6, 6.07) is 17.3. The van der Waals surface area contributed by atoms with Gasteiger partial charge in [-0.25, -0.2) is 4.39 Å². The molecule has 0 atom stereocenters. The van der Waals surface area contributed by atoms with E-state index in [0.29, 0.717) is 35.1 Å². The van der Waals surface area contributed by atoms with Gasteiger partial charge >= 0.3 is 0 Å². The summed E-state index contributed by atoms with van der Waals surface area (Å²) < 4.78 is 24.7. The average Bonchev–Trinajstić information content (AvgIpc) is 3.16. The molecular formula is C20H18FNO3S. The zero-order valence-corrected chi connectivity index (χ0v) is 15.0. The van der Waals surface area contributed by atoms with Gasteiger partial charge in [-0.3, -0.25) is 4.79 Å². The lowest BCUT2D eigenvalue weighted by Gasteiger charge is -2.10. The number of thiophene rings is 1. The number of halogens is 1. The van der Waals surface area contributed by atoms with Crippen LogP contribution >= 0.6 is 11.3 Å². The van der Waals surface area contributed by atoms with Crippen molar-refractivity contribution in [2.75, 3.05) is 20.3 Å². The van der Waals surface area contributed by atoms with Gasteiger partial charge in [-0.05, 0) is 30.3 Å². The van der Waals surface area contributed by atoms with Crippen LogP contribution in [0.3, 0.4) is 0 Å². The molecule has 0 aliphatic rings. The second kappa shape index (κ2) is 8.49. The van der Waals surface area contributed by atoms with E-state index in [1.54, 1.807) is 43.5 Å². The number of carbonyl (C=O) groups excluding carboxylic acids is 1. The van der Waals surface area contributed by atoms with E-state index < -0.39 is 0 Å². The fraction of sp³-hybridized carbons (Fsp3) is 0.150. The molecular weight excluding hydrogens is 353 g/mol. The maximum atomic E-state index is 13.8. The zero-order chi connectivity index (χ0) is 18.4. The van der Waals surface area contributed by atoms with Gasteiger partial charge in [0.1, 0.15) is 12.4 Å². The molecule has 0 aliphatic heterocycles. The van der Waals surface area contributed by atoms with Crippen LogP contribution < -0.4 is 14.8 Å². The number of nitrogens with one attached hydrogen (secondary N) is 1. The van der Waals surface area contributed by atoms with Crippen molar-refractivity contribution < 1.29 is 18.7 Å². The van der Waals surface area contributed by atoms with Gasteiger partial charge in [0, 0.05) is 10.4 Å². The van der Waals surface area contributed by atoms with E-state index in [2.05, 4.69) is 5.32 Å². The van der Waals surface area contributed by atoms with Crippen LogP contribution in [0.25, 0.3) is 10.4 Å². The van der Waals surface area contributed by atoms with Crippen LogP contribution in [0.4, 0.5) is 4.39 Å². The van der Waals surface area contributed by atoms with Gasteiger partial charge in [-0.15, -0.1) is 11.3 Å². The molecule has 1 amide bonds. The summed E-state index contributed by atoms with van der Waals surface area (Å²) >= 11 is 1.26. The Balaban J connectivity index is 1.54. The van der Waals surface area contributed by atoms with Crippen LogP contribution in [-0.2, 0) is 0 Å². The molecule has 0 saturated carbocycles. The Bertz CT molecular complexity index is 894. The first-order valence-corrected chi connectivity index (χ1v) is 8.89. The Labute approximate surface area is 155 Å². The third-order valence-electron chi connectivity index (χ3n) is 3.68. The largest absolute Gasteiger partial charge is 0.493 e. The molecule has 1 N–H and O–H groups in total. The Morgan fingerprint density at radius 1 is 1.04 bits per heavy atom. The van der Waals surface area contributed by atoms with Crippen molar-refractivity contribution in [1.82, 2.24) is 5.32 Å². The number of hydrogen-bond donors (Lipinski definition) is 1. The lowest BCUT2D eigenvalue weighted by Crippen LogP contribution is -2.27. The summed E-state index contributed by atoms with van der Waals surface area (Å²) in [5.74, 6) is 0.765. The van der Waals surface area contributed by atoms with E-state index in [1.165, 1.54) is 17.4 Å². The van der Waals surface area contributed by atoms with E-state index in [9.17, 15) is 9.18 Å². The van der Waals surface area contributed by atoms with Crippen LogP contribution in [0.15, 0.2) is 60.7 Å². The number of rotatable bonds is 7. The minimum atomic E-state index is -0.300. The minimum Gasteiger partial charge on any atom is -0.493 e. The summed E-state index contributed by atoms with van der Waals surface area (Å²) in [6.07, 6.45) is 0. The highest BCUT2D eigenvalue weighted by molar-refractivity contribution is 7.17. The molecule has 0 spiro atoms. The topological polar surface area (TPSA) is 47.6 Å². The molecule has 3 aromatic rings. The number of hydrogen-bond acceptors (Lipinski definition) is 4. The molecule has 0 bridgehead atoms. The molecule has 2 aromatic carbocycles. The first kappa shape index (κ1) is 17.9. The first-order chi connectivity index (χ1) is 12.7. The SMILES string of the molecule is COc1ccccc1OCCNC(=O)c1ccc(-c2ccccc2F)s1.